The number of fused-ring (bicyclic) bond motifs is 1. The largest absolute Gasteiger partial charge is 0.497 e. The van der Waals surface area contributed by atoms with Gasteiger partial charge in [-0.05, 0) is 55.2 Å². The Hall–Kier alpha value is -3.48. The first-order valence-corrected chi connectivity index (χ1v) is 9.96. The second-order valence-electron chi connectivity index (χ2n) is 7.58. The number of rotatable bonds is 7. The minimum Gasteiger partial charge on any atom is -0.497 e. The van der Waals surface area contributed by atoms with Crippen LogP contribution in [0.3, 0.4) is 0 Å². The van der Waals surface area contributed by atoms with E-state index in [1.807, 2.05) is 48.5 Å². The zero-order valence-electron chi connectivity index (χ0n) is 16.6. The number of amides is 1. The average Bonchev–Trinajstić information content (AvgIpc) is 3.21. The number of carbonyl (C=O) groups is 1. The van der Waals surface area contributed by atoms with E-state index < -0.39 is 5.41 Å². The van der Waals surface area contributed by atoms with Gasteiger partial charge in [0.15, 0.2) is 17.3 Å². The third kappa shape index (κ3) is 3.36. The molecule has 30 heavy (non-hydrogen) atoms. The quantitative estimate of drug-likeness (QED) is 0.647. The molecule has 1 fully saturated rings. The molecule has 3 aromatic rings. The summed E-state index contributed by atoms with van der Waals surface area (Å²) in [4.78, 5) is 12.9. The molecule has 0 radical (unpaired) electrons. The Balaban J connectivity index is 1.25. The highest BCUT2D eigenvalue weighted by Crippen LogP contribution is 2.49. The molecule has 0 bridgehead atoms. The van der Waals surface area contributed by atoms with Crippen LogP contribution in [0.2, 0.25) is 0 Å². The number of hydrogen-bond donors (Lipinski definition) is 1. The van der Waals surface area contributed by atoms with Crippen LogP contribution in [0.25, 0.3) is 11.3 Å². The predicted octanol–water partition coefficient (Wildman–Crippen LogP) is 3.47. The Labute approximate surface area is 173 Å². The van der Waals surface area contributed by atoms with E-state index in [-0.39, 0.29) is 12.7 Å². The van der Waals surface area contributed by atoms with Gasteiger partial charge in [-0.15, -0.1) is 0 Å². The van der Waals surface area contributed by atoms with Crippen molar-refractivity contribution in [1.82, 2.24) is 10.5 Å². The van der Waals surface area contributed by atoms with Gasteiger partial charge in [-0.2, -0.15) is 0 Å². The third-order valence-electron chi connectivity index (χ3n) is 5.68. The summed E-state index contributed by atoms with van der Waals surface area (Å²) in [6.07, 6.45) is 2.27. The van der Waals surface area contributed by atoms with E-state index in [9.17, 15) is 4.79 Å². The number of nitrogens with one attached hydrogen (secondary N) is 1. The van der Waals surface area contributed by atoms with Crippen molar-refractivity contribution in [3.63, 3.8) is 0 Å². The number of aromatic nitrogens is 1. The van der Waals surface area contributed by atoms with Gasteiger partial charge in [0.25, 0.3) is 0 Å². The first-order valence-electron chi connectivity index (χ1n) is 9.96. The van der Waals surface area contributed by atoms with Gasteiger partial charge in [-0.3, -0.25) is 4.79 Å². The van der Waals surface area contributed by atoms with Crippen molar-refractivity contribution in [2.24, 2.45) is 0 Å². The molecule has 2 aliphatic rings. The Morgan fingerprint density at radius 1 is 1.13 bits per heavy atom. The number of nitrogens with zero attached hydrogens (tertiary/aromatic N) is 1. The van der Waals surface area contributed by atoms with Crippen LogP contribution >= 0.6 is 0 Å². The molecule has 1 amide bonds. The fraction of sp³-hybridized carbons (Fsp3) is 0.304. The maximum atomic E-state index is 12.9. The van der Waals surface area contributed by atoms with E-state index in [1.54, 1.807) is 7.11 Å². The summed E-state index contributed by atoms with van der Waals surface area (Å²) in [6.45, 7) is 0.778. The third-order valence-corrected chi connectivity index (χ3v) is 5.68. The van der Waals surface area contributed by atoms with Crippen molar-refractivity contribution in [3.05, 3.63) is 59.8 Å². The van der Waals surface area contributed by atoms with Crippen molar-refractivity contribution in [2.45, 2.75) is 24.7 Å². The van der Waals surface area contributed by atoms with Crippen LogP contribution in [0, 0.1) is 0 Å². The van der Waals surface area contributed by atoms with Crippen LogP contribution in [0.5, 0.6) is 17.2 Å². The second-order valence-corrected chi connectivity index (χ2v) is 7.58. The molecule has 7 heteroatoms. The Morgan fingerprint density at radius 2 is 2.00 bits per heavy atom. The van der Waals surface area contributed by atoms with Crippen LogP contribution in [0.15, 0.2) is 53.1 Å². The topological polar surface area (TPSA) is 82.8 Å². The summed E-state index contributed by atoms with van der Waals surface area (Å²) < 4.78 is 21.6. The highest BCUT2D eigenvalue weighted by atomic mass is 16.7. The van der Waals surface area contributed by atoms with Crippen molar-refractivity contribution in [1.29, 1.82) is 0 Å². The molecule has 1 aromatic heterocycles. The molecular weight excluding hydrogens is 384 g/mol. The lowest BCUT2D eigenvalue weighted by Gasteiger charge is -2.12. The molecular formula is C23H22N2O5. The van der Waals surface area contributed by atoms with E-state index in [0.29, 0.717) is 29.5 Å². The molecule has 1 N–H and O–H groups in total. The molecule has 1 saturated carbocycles. The molecule has 1 aliphatic carbocycles. The molecule has 0 atom stereocenters. The van der Waals surface area contributed by atoms with Crippen molar-refractivity contribution in [3.8, 4) is 28.6 Å². The van der Waals surface area contributed by atoms with E-state index in [1.165, 1.54) is 0 Å². The van der Waals surface area contributed by atoms with Gasteiger partial charge < -0.3 is 24.1 Å². The second kappa shape index (κ2) is 7.40. The maximum absolute atomic E-state index is 12.9. The Bertz CT molecular complexity index is 1090. The lowest BCUT2D eigenvalue weighted by Crippen LogP contribution is -2.36. The fourth-order valence-electron chi connectivity index (χ4n) is 3.73. The number of hydrogen-bond acceptors (Lipinski definition) is 6. The highest BCUT2D eigenvalue weighted by molar-refractivity contribution is 5.91. The molecule has 0 unspecified atom stereocenters. The lowest BCUT2D eigenvalue weighted by molar-refractivity contribution is -0.123. The van der Waals surface area contributed by atoms with E-state index in [0.717, 1.165) is 36.1 Å². The molecule has 0 saturated heterocycles. The standard InChI is InChI=1S/C23H22N2O5/c1-27-17-4-2-3-15(11-17)7-10-24-22(26)23(8-9-23)21-13-19(30-25-21)16-5-6-18-20(12-16)29-14-28-18/h2-6,11-13H,7-10,14H2,1H3,(H,24,26). The molecule has 7 nitrogen and oxygen atoms in total. The Kier molecular flexibility index (Phi) is 4.58. The fourth-order valence-corrected chi connectivity index (χ4v) is 3.73. The summed E-state index contributed by atoms with van der Waals surface area (Å²) in [5.41, 5.74) is 2.04. The van der Waals surface area contributed by atoms with Gasteiger partial charge in [-0.25, -0.2) is 0 Å². The predicted molar refractivity (Wildman–Crippen MR) is 109 cm³/mol. The maximum Gasteiger partial charge on any atom is 0.232 e. The van der Waals surface area contributed by atoms with Gasteiger partial charge in [0.2, 0.25) is 12.7 Å². The van der Waals surface area contributed by atoms with Crippen LogP contribution in [-0.2, 0) is 16.6 Å². The van der Waals surface area contributed by atoms with Crippen molar-refractivity contribution >= 4 is 5.91 Å². The molecule has 2 aromatic carbocycles. The van der Waals surface area contributed by atoms with E-state index >= 15 is 0 Å². The van der Waals surface area contributed by atoms with Gasteiger partial charge in [-0.1, -0.05) is 17.3 Å². The van der Waals surface area contributed by atoms with Crippen LogP contribution < -0.4 is 19.5 Å². The first kappa shape index (κ1) is 18.5. The summed E-state index contributed by atoms with van der Waals surface area (Å²) in [7, 11) is 1.65. The number of carbonyl (C=O) groups excluding carboxylic acids is 1. The van der Waals surface area contributed by atoms with Gasteiger partial charge in [0.05, 0.1) is 18.2 Å². The van der Waals surface area contributed by atoms with Gasteiger partial charge in [0, 0.05) is 18.2 Å². The SMILES string of the molecule is COc1cccc(CCNC(=O)C2(c3cc(-c4ccc5c(c4)OCO5)on3)CC2)c1. The van der Waals surface area contributed by atoms with E-state index in [4.69, 9.17) is 18.7 Å². The molecule has 1 aliphatic heterocycles. The average molecular weight is 406 g/mol. The number of benzene rings is 2. The van der Waals surface area contributed by atoms with Gasteiger partial charge in [0.1, 0.15) is 5.75 Å². The molecule has 0 spiro atoms. The first-order chi connectivity index (χ1) is 14.7. The Morgan fingerprint density at radius 3 is 2.83 bits per heavy atom. The molecule has 154 valence electrons. The molecule has 5 rings (SSSR count). The van der Waals surface area contributed by atoms with Crippen LogP contribution in [0.4, 0.5) is 0 Å². The van der Waals surface area contributed by atoms with Crippen molar-refractivity contribution < 1.29 is 23.5 Å². The summed E-state index contributed by atoms with van der Waals surface area (Å²) in [5, 5.41) is 7.26. The normalized spacial score (nSPS) is 15.6. The zero-order valence-corrected chi connectivity index (χ0v) is 16.6. The smallest absolute Gasteiger partial charge is 0.232 e. The number of ether oxygens (including phenoxy) is 3. The van der Waals surface area contributed by atoms with Crippen LogP contribution in [-0.4, -0.2) is 31.5 Å². The molecule has 2 heterocycles. The van der Waals surface area contributed by atoms with Crippen molar-refractivity contribution in [2.75, 3.05) is 20.4 Å². The van der Waals surface area contributed by atoms with E-state index in [2.05, 4.69) is 10.5 Å². The lowest BCUT2D eigenvalue weighted by atomic mass is 10.00. The monoisotopic (exact) mass is 406 g/mol. The number of methoxy groups -OCH3 is 1. The minimum atomic E-state index is -0.591. The highest BCUT2D eigenvalue weighted by Gasteiger charge is 2.53. The summed E-state index contributed by atoms with van der Waals surface area (Å²) in [5.74, 6) is 2.82. The summed E-state index contributed by atoms with van der Waals surface area (Å²) in [6, 6.07) is 15.3. The summed E-state index contributed by atoms with van der Waals surface area (Å²) >= 11 is 0. The van der Waals surface area contributed by atoms with Crippen LogP contribution in [0.1, 0.15) is 24.1 Å². The minimum absolute atomic E-state index is 0.00377. The zero-order chi connectivity index (χ0) is 20.6. The van der Waals surface area contributed by atoms with Gasteiger partial charge >= 0.3 is 0 Å².